The molecule has 0 atom stereocenters. The minimum atomic E-state index is -0.423. The molecule has 0 aliphatic heterocycles. The van der Waals surface area contributed by atoms with E-state index in [9.17, 15) is 9.18 Å². The molecule has 0 aliphatic carbocycles. The molecule has 24 heavy (non-hydrogen) atoms. The van der Waals surface area contributed by atoms with E-state index in [4.69, 9.17) is 11.6 Å². The van der Waals surface area contributed by atoms with Crippen molar-refractivity contribution in [3.63, 3.8) is 0 Å². The SMILES string of the molecule is CC(C)(CNC(=O)c1cccc(F)c1)c1c[nH]c2ccc(Cl)cc12. The lowest BCUT2D eigenvalue weighted by Crippen LogP contribution is -2.36. The summed E-state index contributed by atoms with van der Waals surface area (Å²) in [7, 11) is 0. The molecule has 0 saturated heterocycles. The van der Waals surface area contributed by atoms with Crippen LogP contribution in [0.2, 0.25) is 5.02 Å². The van der Waals surface area contributed by atoms with Gasteiger partial charge in [0, 0.05) is 39.6 Å². The zero-order valence-electron chi connectivity index (χ0n) is 13.5. The number of rotatable bonds is 4. The fourth-order valence-electron chi connectivity index (χ4n) is 2.78. The Bertz CT molecular complexity index is 901. The van der Waals surface area contributed by atoms with Gasteiger partial charge in [0.05, 0.1) is 0 Å². The van der Waals surface area contributed by atoms with E-state index in [-0.39, 0.29) is 11.3 Å². The fourth-order valence-corrected chi connectivity index (χ4v) is 2.95. The van der Waals surface area contributed by atoms with E-state index in [0.29, 0.717) is 17.1 Å². The minimum absolute atomic E-state index is 0.291. The average Bonchev–Trinajstić information content (AvgIpc) is 2.96. The average molecular weight is 345 g/mol. The van der Waals surface area contributed by atoms with Crippen LogP contribution < -0.4 is 5.32 Å². The number of benzene rings is 2. The Morgan fingerprint density at radius 1 is 1.25 bits per heavy atom. The fraction of sp³-hybridized carbons (Fsp3) is 0.211. The van der Waals surface area contributed by atoms with E-state index >= 15 is 0 Å². The molecular formula is C19H18ClFN2O. The van der Waals surface area contributed by atoms with Crippen molar-refractivity contribution in [1.29, 1.82) is 0 Å². The van der Waals surface area contributed by atoms with E-state index in [1.54, 1.807) is 6.07 Å². The summed E-state index contributed by atoms with van der Waals surface area (Å²) < 4.78 is 13.2. The molecule has 0 radical (unpaired) electrons. The van der Waals surface area contributed by atoms with Crippen molar-refractivity contribution in [2.75, 3.05) is 6.54 Å². The Balaban J connectivity index is 1.80. The van der Waals surface area contributed by atoms with Crippen LogP contribution in [-0.2, 0) is 5.41 Å². The van der Waals surface area contributed by atoms with Gasteiger partial charge in [-0.15, -0.1) is 0 Å². The van der Waals surface area contributed by atoms with E-state index in [1.807, 2.05) is 38.2 Å². The third-order valence-corrected chi connectivity index (χ3v) is 4.39. The molecular weight excluding hydrogens is 327 g/mol. The highest BCUT2D eigenvalue weighted by Crippen LogP contribution is 2.31. The molecule has 0 fully saturated rings. The predicted octanol–water partition coefficient (Wildman–Crippen LogP) is 4.67. The molecule has 0 unspecified atom stereocenters. The van der Waals surface area contributed by atoms with Gasteiger partial charge in [0.1, 0.15) is 5.82 Å². The van der Waals surface area contributed by atoms with E-state index in [0.717, 1.165) is 16.5 Å². The summed E-state index contributed by atoms with van der Waals surface area (Å²) in [5.74, 6) is -0.714. The highest BCUT2D eigenvalue weighted by molar-refractivity contribution is 6.31. The zero-order chi connectivity index (χ0) is 17.3. The number of aromatic nitrogens is 1. The van der Waals surface area contributed by atoms with Crippen LogP contribution in [0.4, 0.5) is 4.39 Å². The first-order valence-electron chi connectivity index (χ1n) is 7.68. The van der Waals surface area contributed by atoms with Crippen molar-refractivity contribution >= 4 is 28.4 Å². The van der Waals surface area contributed by atoms with Crippen molar-refractivity contribution in [3.8, 4) is 0 Å². The maximum absolute atomic E-state index is 13.2. The molecule has 1 heterocycles. The predicted molar refractivity (Wildman–Crippen MR) is 95.1 cm³/mol. The van der Waals surface area contributed by atoms with Crippen LogP contribution in [0.15, 0.2) is 48.7 Å². The number of H-pyrrole nitrogens is 1. The van der Waals surface area contributed by atoms with E-state index in [2.05, 4.69) is 10.3 Å². The molecule has 3 rings (SSSR count). The standard InChI is InChI=1S/C19H18ClFN2O/c1-19(2,11-23-18(24)12-4-3-5-14(21)8-12)16-10-22-17-7-6-13(20)9-15(16)17/h3-10,22H,11H2,1-2H3,(H,23,24). The van der Waals surface area contributed by atoms with Crippen molar-refractivity contribution in [2.45, 2.75) is 19.3 Å². The Kier molecular flexibility index (Phi) is 4.33. The van der Waals surface area contributed by atoms with Crippen LogP contribution in [0.25, 0.3) is 10.9 Å². The number of aromatic amines is 1. The highest BCUT2D eigenvalue weighted by atomic mass is 35.5. The van der Waals surface area contributed by atoms with Gasteiger partial charge in [0.25, 0.3) is 5.91 Å². The maximum atomic E-state index is 13.2. The van der Waals surface area contributed by atoms with Crippen molar-refractivity contribution in [3.05, 3.63) is 70.6 Å². The second-order valence-corrected chi connectivity index (χ2v) is 6.91. The molecule has 2 N–H and O–H groups in total. The number of halogens is 2. The maximum Gasteiger partial charge on any atom is 0.251 e. The molecule has 124 valence electrons. The quantitative estimate of drug-likeness (QED) is 0.710. The van der Waals surface area contributed by atoms with Crippen molar-refractivity contribution < 1.29 is 9.18 Å². The summed E-state index contributed by atoms with van der Waals surface area (Å²) in [6.45, 7) is 4.51. The van der Waals surface area contributed by atoms with Gasteiger partial charge in [0.15, 0.2) is 0 Å². The molecule has 2 aromatic carbocycles. The molecule has 1 aromatic heterocycles. The van der Waals surface area contributed by atoms with Gasteiger partial charge < -0.3 is 10.3 Å². The van der Waals surface area contributed by atoms with E-state index < -0.39 is 5.82 Å². The third kappa shape index (κ3) is 3.29. The lowest BCUT2D eigenvalue weighted by Gasteiger charge is -2.25. The normalized spacial score (nSPS) is 11.7. The Morgan fingerprint density at radius 2 is 2.04 bits per heavy atom. The number of hydrogen-bond donors (Lipinski definition) is 2. The number of carbonyl (C=O) groups is 1. The smallest absolute Gasteiger partial charge is 0.251 e. The Morgan fingerprint density at radius 3 is 2.79 bits per heavy atom. The van der Waals surface area contributed by atoms with Gasteiger partial charge in [0.2, 0.25) is 0 Å². The van der Waals surface area contributed by atoms with Crippen LogP contribution >= 0.6 is 11.6 Å². The van der Waals surface area contributed by atoms with Gasteiger partial charge in [-0.2, -0.15) is 0 Å². The lowest BCUT2D eigenvalue weighted by molar-refractivity contribution is 0.0945. The lowest BCUT2D eigenvalue weighted by atomic mass is 9.84. The number of nitrogens with one attached hydrogen (secondary N) is 2. The first kappa shape index (κ1) is 16.5. The molecule has 5 heteroatoms. The molecule has 0 saturated carbocycles. The van der Waals surface area contributed by atoms with Gasteiger partial charge in [-0.3, -0.25) is 4.79 Å². The van der Waals surface area contributed by atoms with Gasteiger partial charge in [-0.1, -0.05) is 31.5 Å². The summed E-state index contributed by atoms with van der Waals surface area (Å²) in [6, 6.07) is 11.3. The molecule has 3 aromatic rings. The van der Waals surface area contributed by atoms with Gasteiger partial charge in [-0.25, -0.2) is 4.39 Å². The Labute approximate surface area is 144 Å². The topological polar surface area (TPSA) is 44.9 Å². The third-order valence-electron chi connectivity index (χ3n) is 4.15. The zero-order valence-corrected chi connectivity index (χ0v) is 14.2. The monoisotopic (exact) mass is 344 g/mol. The summed E-state index contributed by atoms with van der Waals surface area (Å²) in [5, 5.41) is 4.59. The molecule has 0 aliphatic rings. The second kappa shape index (κ2) is 6.29. The Hall–Kier alpha value is -2.33. The molecule has 0 bridgehead atoms. The van der Waals surface area contributed by atoms with Crippen LogP contribution in [0.5, 0.6) is 0 Å². The van der Waals surface area contributed by atoms with Crippen LogP contribution in [0.3, 0.4) is 0 Å². The van der Waals surface area contributed by atoms with Gasteiger partial charge >= 0.3 is 0 Å². The van der Waals surface area contributed by atoms with Crippen LogP contribution in [0, 0.1) is 5.82 Å². The highest BCUT2D eigenvalue weighted by Gasteiger charge is 2.25. The van der Waals surface area contributed by atoms with Gasteiger partial charge in [-0.05, 0) is 42.0 Å². The summed E-state index contributed by atoms with van der Waals surface area (Å²) in [6.07, 6.45) is 1.94. The summed E-state index contributed by atoms with van der Waals surface area (Å²) in [5.41, 5.74) is 2.07. The largest absolute Gasteiger partial charge is 0.361 e. The van der Waals surface area contributed by atoms with Crippen LogP contribution in [-0.4, -0.2) is 17.4 Å². The number of carbonyl (C=O) groups excluding carboxylic acids is 1. The molecule has 3 nitrogen and oxygen atoms in total. The van der Waals surface area contributed by atoms with E-state index in [1.165, 1.54) is 18.2 Å². The minimum Gasteiger partial charge on any atom is -0.361 e. The first-order valence-corrected chi connectivity index (χ1v) is 8.05. The summed E-state index contributed by atoms with van der Waals surface area (Å²) in [4.78, 5) is 15.5. The molecule has 1 amide bonds. The van der Waals surface area contributed by atoms with Crippen LogP contribution in [0.1, 0.15) is 29.8 Å². The van der Waals surface area contributed by atoms with Crippen molar-refractivity contribution in [2.24, 2.45) is 0 Å². The number of amides is 1. The summed E-state index contributed by atoms with van der Waals surface area (Å²) >= 11 is 6.10. The number of hydrogen-bond acceptors (Lipinski definition) is 1. The number of fused-ring (bicyclic) bond motifs is 1. The second-order valence-electron chi connectivity index (χ2n) is 6.47. The first-order chi connectivity index (χ1) is 11.4. The molecule has 0 spiro atoms. The van der Waals surface area contributed by atoms with Crippen molar-refractivity contribution in [1.82, 2.24) is 10.3 Å².